The molecule has 1 aliphatic rings. The van der Waals surface area contributed by atoms with E-state index in [0.29, 0.717) is 18.7 Å². The number of nitrogens with zero attached hydrogens (tertiary/aromatic N) is 1. The molecule has 0 saturated carbocycles. The van der Waals surface area contributed by atoms with E-state index in [1.807, 2.05) is 24.3 Å². The second-order valence-electron chi connectivity index (χ2n) is 5.77. The second kappa shape index (κ2) is 7.46. The average Bonchev–Trinajstić information content (AvgIpc) is 3.05. The molecule has 0 saturated heterocycles. The Morgan fingerprint density at radius 2 is 2.21 bits per heavy atom. The van der Waals surface area contributed by atoms with Crippen LogP contribution in [-0.2, 0) is 13.0 Å². The Hall–Kier alpha value is -2.38. The van der Waals surface area contributed by atoms with Crippen LogP contribution in [0, 0.1) is 0 Å². The zero-order chi connectivity index (χ0) is 16.9. The van der Waals surface area contributed by atoms with Crippen LogP contribution in [0.1, 0.15) is 39.8 Å². The van der Waals surface area contributed by atoms with Crippen LogP contribution in [0.3, 0.4) is 0 Å². The quantitative estimate of drug-likeness (QED) is 0.631. The zero-order valence-electron chi connectivity index (χ0n) is 13.6. The number of carbonyl (C=O) groups excluding carboxylic acids is 1. The molecule has 0 aliphatic carbocycles. The summed E-state index contributed by atoms with van der Waals surface area (Å²) < 4.78 is 5.15. The summed E-state index contributed by atoms with van der Waals surface area (Å²) in [5.74, 6) is 0.519. The highest BCUT2D eigenvalue weighted by atomic mass is 16.5. The number of amides is 1. The van der Waals surface area contributed by atoms with Gasteiger partial charge in [-0.3, -0.25) is 9.89 Å². The van der Waals surface area contributed by atoms with Crippen LogP contribution in [0.25, 0.3) is 0 Å². The molecule has 1 atom stereocenters. The van der Waals surface area contributed by atoms with Crippen molar-refractivity contribution in [3.8, 4) is 5.75 Å². The van der Waals surface area contributed by atoms with Gasteiger partial charge in [0.15, 0.2) is 5.69 Å². The highest BCUT2D eigenvalue weighted by Crippen LogP contribution is 2.22. The number of rotatable bonds is 6. The molecule has 7 nitrogen and oxygen atoms in total. The molecule has 4 N–H and O–H groups in total. The Morgan fingerprint density at radius 1 is 1.42 bits per heavy atom. The smallest absolute Gasteiger partial charge is 0.272 e. The van der Waals surface area contributed by atoms with Gasteiger partial charge in [0.2, 0.25) is 0 Å². The lowest BCUT2D eigenvalue weighted by Crippen LogP contribution is -2.31. The third-order valence-electron chi connectivity index (χ3n) is 4.26. The molecular weight excluding hydrogens is 308 g/mol. The summed E-state index contributed by atoms with van der Waals surface area (Å²) >= 11 is 0. The molecule has 1 amide bonds. The fourth-order valence-corrected chi connectivity index (χ4v) is 2.93. The number of aliphatic hydroxyl groups excluding tert-OH is 1. The number of aromatic amines is 1. The topological polar surface area (TPSA) is 99.3 Å². The van der Waals surface area contributed by atoms with Crippen LogP contribution in [0.15, 0.2) is 24.3 Å². The van der Waals surface area contributed by atoms with Gasteiger partial charge in [0.1, 0.15) is 5.75 Å². The van der Waals surface area contributed by atoms with Gasteiger partial charge in [0.05, 0.1) is 13.2 Å². The summed E-state index contributed by atoms with van der Waals surface area (Å²) in [6.45, 7) is 1.51. The number of ether oxygens (including phenoxy) is 1. The van der Waals surface area contributed by atoms with E-state index in [1.165, 1.54) is 0 Å². The van der Waals surface area contributed by atoms with E-state index in [9.17, 15) is 9.90 Å². The molecule has 2 heterocycles. The van der Waals surface area contributed by atoms with Crippen LogP contribution in [0.4, 0.5) is 0 Å². The molecule has 2 aromatic rings. The first kappa shape index (κ1) is 16.5. The first-order chi connectivity index (χ1) is 11.7. The number of aliphatic hydroxyl groups is 1. The number of hydrogen-bond donors (Lipinski definition) is 4. The number of nitrogens with one attached hydrogen (secondary N) is 3. The van der Waals surface area contributed by atoms with Crippen LogP contribution in [0.5, 0.6) is 5.75 Å². The van der Waals surface area contributed by atoms with Crippen LogP contribution in [0.2, 0.25) is 0 Å². The maximum Gasteiger partial charge on any atom is 0.272 e. The van der Waals surface area contributed by atoms with E-state index in [4.69, 9.17) is 4.74 Å². The van der Waals surface area contributed by atoms with Gasteiger partial charge in [-0.05, 0) is 24.1 Å². The lowest BCUT2D eigenvalue weighted by atomic mass is 10.0. The fraction of sp³-hybridized carbons (Fsp3) is 0.412. The van der Waals surface area contributed by atoms with Gasteiger partial charge in [-0.1, -0.05) is 12.1 Å². The lowest BCUT2D eigenvalue weighted by molar-refractivity contribution is 0.0923. The minimum atomic E-state index is -0.280. The molecule has 0 bridgehead atoms. The lowest BCUT2D eigenvalue weighted by Gasteiger charge is -2.19. The van der Waals surface area contributed by atoms with Gasteiger partial charge in [0, 0.05) is 37.4 Å². The highest BCUT2D eigenvalue weighted by molar-refractivity contribution is 5.94. The predicted octanol–water partition coefficient (Wildman–Crippen LogP) is 0.917. The van der Waals surface area contributed by atoms with E-state index >= 15 is 0 Å². The Balaban J connectivity index is 1.77. The molecule has 1 aliphatic heterocycles. The van der Waals surface area contributed by atoms with Crippen molar-refractivity contribution < 1.29 is 14.6 Å². The molecule has 1 aromatic heterocycles. The zero-order valence-corrected chi connectivity index (χ0v) is 13.6. The summed E-state index contributed by atoms with van der Waals surface area (Å²) in [6.07, 6.45) is 1.27. The minimum absolute atomic E-state index is 0.0167. The Bertz CT molecular complexity index is 696. The molecule has 0 fully saturated rings. The third kappa shape index (κ3) is 3.42. The first-order valence-corrected chi connectivity index (χ1v) is 8.05. The number of aromatic nitrogens is 2. The van der Waals surface area contributed by atoms with Gasteiger partial charge in [-0.2, -0.15) is 5.10 Å². The molecule has 1 aromatic carbocycles. The number of benzene rings is 1. The summed E-state index contributed by atoms with van der Waals surface area (Å²) in [7, 11) is 1.61. The summed E-state index contributed by atoms with van der Waals surface area (Å²) in [4.78, 5) is 12.6. The molecule has 1 unspecified atom stereocenters. The first-order valence-electron chi connectivity index (χ1n) is 8.05. The van der Waals surface area contributed by atoms with Crippen LogP contribution in [-0.4, -0.2) is 41.5 Å². The predicted molar refractivity (Wildman–Crippen MR) is 88.9 cm³/mol. The molecule has 7 heteroatoms. The largest absolute Gasteiger partial charge is 0.497 e. The van der Waals surface area contributed by atoms with Crippen molar-refractivity contribution in [3.63, 3.8) is 0 Å². The van der Waals surface area contributed by atoms with Crippen molar-refractivity contribution in [2.75, 3.05) is 20.3 Å². The van der Waals surface area contributed by atoms with Gasteiger partial charge in [-0.25, -0.2) is 0 Å². The standard InChI is InChI=1S/C17H22N4O3/c1-24-12-4-2-11(3-5-12)14(7-9-22)19-17(23)16-13-10-18-8-6-15(13)20-21-16/h2-5,14,18,22H,6-10H2,1H3,(H,19,23)(H,20,21). The van der Waals surface area contributed by atoms with Crippen molar-refractivity contribution in [3.05, 3.63) is 46.8 Å². The molecule has 3 rings (SSSR count). The van der Waals surface area contributed by atoms with E-state index in [0.717, 1.165) is 35.5 Å². The molecule has 128 valence electrons. The van der Waals surface area contributed by atoms with Gasteiger partial charge >= 0.3 is 0 Å². The normalized spacial score (nSPS) is 14.8. The van der Waals surface area contributed by atoms with E-state index < -0.39 is 0 Å². The van der Waals surface area contributed by atoms with Crippen molar-refractivity contribution in [1.82, 2.24) is 20.8 Å². The van der Waals surface area contributed by atoms with E-state index in [-0.39, 0.29) is 18.6 Å². The summed E-state index contributed by atoms with van der Waals surface area (Å²) in [6, 6.07) is 7.18. The van der Waals surface area contributed by atoms with Gasteiger partial charge in [-0.15, -0.1) is 0 Å². The Morgan fingerprint density at radius 3 is 2.92 bits per heavy atom. The number of H-pyrrole nitrogens is 1. The monoisotopic (exact) mass is 330 g/mol. The van der Waals surface area contributed by atoms with Gasteiger partial charge in [0.25, 0.3) is 5.91 Å². The maximum absolute atomic E-state index is 12.6. The van der Waals surface area contributed by atoms with Crippen molar-refractivity contribution in [2.24, 2.45) is 0 Å². The number of fused-ring (bicyclic) bond motifs is 1. The Kier molecular flexibility index (Phi) is 5.12. The minimum Gasteiger partial charge on any atom is -0.497 e. The number of carbonyl (C=O) groups is 1. The van der Waals surface area contributed by atoms with Gasteiger partial charge < -0.3 is 20.5 Å². The molecule has 0 radical (unpaired) electrons. The third-order valence-corrected chi connectivity index (χ3v) is 4.26. The SMILES string of the molecule is COc1ccc(C(CCO)NC(=O)c2n[nH]c3c2CNCC3)cc1. The van der Waals surface area contributed by atoms with Crippen LogP contribution >= 0.6 is 0 Å². The second-order valence-corrected chi connectivity index (χ2v) is 5.77. The van der Waals surface area contributed by atoms with Crippen molar-refractivity contribution in [2.45, 2.75) is 25.4 Å². The molecule has 24 heavy (non-hydrogen) atoms. The van der Waals surface area contributed by atoms with Crippen LogP contribution < -0.4 is 15.4 Å². The molecular formula is C17H22N4O3. The van der Waals surface area contributed by atoms with Crippen molar-refractivity contribution >= 4 is 5.91 Å². The van der Waals surface area contributed by atoms with E-state index in [1.54, 1.807) is 7.11 Å². The van der Waals surface area contributed by atoms with E-state index in [2.05, 4.69) is 20.8 Å². The Labute approximate surface area is 140 Å². The fourth-order valence-electron chi connectivity index (χ4n) is 2.93. The average molecular weight is 330 g/mol. The summed E-state index contributed by atoms with van der Waals surface area (Å²) in [5, 5.41) is 22.7. The maximum atomic E-state index is 12.6. The highest BCUT2D eigenvalue weighted by Gasteiger charge is 2.23. The number of hydrogen-bond acceptors (Lipinski definition) is 5. The molecule has 0 spiro atoms. The summed E-state index contributed by atoms with van der Waals surface area (Å²) in [5.41, 5.74) is 3.28. The number of methoxy groups -OCH3 is 1. The van der Waals surface area contributed by atoms with Crippen molar-refractivity contribution in [1.29, 1.82) is 0 Å².